The minimum Gasteiger partial charge on any atom is -0.508 e. The van der Waals surface area contributed by atoms with Crippen LogP contribution < -0.4 is 5.32 Å². The van der Waals surface area contributed by atoms with Gasteiger partial charge < -0.3 is 10.4 Å². The van der Waals surface area contributed by atoms with Gasteiger partial charge in [-0.15, -0.1) is 11.3 Å². The zero-order valence-corrected chi connectivity index (χ0v) is 10.1. The highest BCUT2D eigenvalue weighted by atomic mass is 32.1. The van der Waals surface area contributed by atoms with E-state index >= 15 is 0 Å². The predicted octanol–water partition coefficient (Wildman–Crippen LogP) is 2.34. The molecule has 1 aromatic carbocycles. The number of phenols is 1. The number of carbonyl (C=O) groups excluding carboxylic acids is 1. The van der Waals surface area contributed by atoms with Crippen molar-refractivity contribution in [2.24, 2.45) is 0 Å². The molecule has 0 fully saturated rings. The molecule has 1 amide bonds. The van der Waals surface area contributed by atoms with Crippen LogP contribution in [0, 0.1) is 6.92 Å². The van der Waals surface area contributed by atoms with Crippen molar-refractivity contribution in [1.82, 2.24) is 4.98 Å². The smallest absolute Gasteiger partial charge is 0.230 e. The lowest BCUT2D eigenvalue weighted by molar-refractivity contribution is -0.115. The Morgan fingerprint density at radius 3 is 2.88 bits per heavy atom. The lowest BCUT2D eigenvalue weighted by atomic mass is 10.1. The number of rotatable bonds is 3. The third kappa shape index (κ3) is 3.04. The molecule has 0 aliphatic carbocycles. The number of nitrogens with zero attached hydrogens (tertiary/aromatic N) is 1. The predicted molar refractivity (Wildman–Crippen MR) is 67.3 cm³/mol. The monoisotopic (exact) mass is 248 g/mol. The lowest BCUT2D eigenvalue weighted by Crippen LogP contribution is -2.14. The molecule has 1 aromatic heterocycles. The van der Waals surface area contributed by atoms with Crippen LogP contribution >= 0.6 is 11.3 Å². The molecule has 0 bridgehead atoms. The van der Waals surface area contributed by atoms with Crippen molar-refractivity contribution in [3.05, 3.63) is 40.9 Å². The van der Waals surface area contributed by atoms with Gasteiger partial charge >= 0.3 is 0 Å². The molecule has 88 valence electrons. The number of phenolic OH excluding ortho intramolecular Hbond substituents is 1. The number of aromatic nitrogens is 1. The molecule has 0 unspecified atom stereocenters. The SMILES string of the molecule is Cc1cnc(NC(=O)Cc2ccccc2O)s1. The molecule has 1 heterocycles. The van der Waals surface area contributed by atoms with Crippen LogP contribution in [-0.2, 0) is 11.2 Å². The summed E-state index contributed by atoms with van der Waals surface area (Å²) in [5, 5.41) is 12.8. The first-order valence-corrected chi connectivity index (χ1v) is 5.96. The van der Waals surface area contributed by atoms with Gasteiger partial charge in [-0.3, -0.25) is 4.79 Å². The van der Waals surface area contributed by atoms with Gasteiger partial charge in [0.2, 0.25) is 5.91 Å². The first kappa shape index (κ1) is 11.6. The summed E-state index contributed by atoms with van der Waals surface area (Å²) in [6.45, 7) is 1.93. The number of amides is 1. The van der Waals surface area contributed by atoms with Gasteiger partial charge in [0.05, 0.1) is 6.42 Å². The van der Waals surface area contributed by atoms with Crippen molar-refractivity contribution in [3.8, 4) is 5.75 Å². The van der Waals surface area contributed by atoms with E-state index in [9.17, 15) is 9.90 Å². The normalized spacial score (nSPS) is 10.2. The van der Waals surface area contributed by atoms with Crippen molar-refractivity contribution >= 4 is 22.4 Å². The van der Waals surface area contributed by atoms with E-state index in [-0.39, 0.29) is 18.1 Å². The molecule has 0 aliphatic heterocycles. The Morgan fingerprint density at radius 2 is 2.24 bits per heavy atom. The number of thiazole rings is 1. The van der Waals surface area contributed by atoms with Crippen molar-refractivity contribution in [3.63, 3.8) is 0 Å². The van der Waals surface area contributed by atoms with Gasteiger partial charge in [0.15, 0.2) is 5.13 Å². The summed E-state index contributed by atoms with van der Waals surface area (Å²) < 4.78 is 0. The van der Waals surface area contributed by atoms with Crippen molar-refractivity contribution in [2.75, 3.05) is 5.32 Å². The third-order valence-electron chi connectivity index (χ3n) is 2.21. The quantitative estimate of drug-likeness (QED) is 0.876. The Hall–Kier alpha value is -1.88. The van der Waals surface area contributed by atoms with Gasteiger partial charge in [-0.25, -0.2) is 4.98 Å². The molecule has 0 saturated carbocycles. The number of hydrogen-bond donors (Lipinski definition) is 2. The number of hydrogen-bond acceptors (Lipinski definition) is 4. The van der Waals surface area contributed by atoms with Gasteiger partial charge in [0, 0.05) is 16.6 Å². The van der Waals surface area contributed by atoms with E-state index in [1.165, 1.54) is 11.3 Å². The number of para-hydroxylation sites is 1. The van der Waals surface area contributed by atoms with E-state index in [1.54, 1.807) is 30.5 Å². The molecule has 2 aromatic rings. The number of benzene rings is 1. The summed E-state index contributed by atoms with van der Waals surface area (Å²) in [6.07, 6.45) is 1.85. The fraction of sp³-hybridized carbons (Fsp3) is 0.167. The Balaban J connectivity index is 2.01. The number of nitrogens with one attached hydrogen (secondary N) is 1. The van der Waals surface area contributed by atoms with E-state index < -0.39 is 0 Å². The average molecular weight is 248 g/mol. The van der Waals surface area contributed by atoms with Gasteiger partial charge in [-0.1, -0.05) is 18.2 Å². The van der Waals surface area contributed by atoms with Crippen LogP contribution in [0.1, 0.15) is 10.4 Å². The Bertz CT molecular complexity index is 537. The Kier molecular flexibility index (Phi) is 3.39. The van der Waals surface area contributed by atoms with Gasteiger partial charge in [-0.2, -0.15) is 0 Å². The molecule has 0 radical (unpaired) electrons. The summed E-state index contributed by atoms with van der Waals surface area (Å²) in [7, 11) is 0. The summed E-state index contributed by atoms with van der Waals surface area (Å²) >= 11 is 1.43. The highest BCUT2D eigenvalue weighted by Crippen LogP contribution is 2.19. The van der Waals surface area contributed by atoms with Gasteiger partial charge in [-0.05, 0) is 13.0 Å². The highest BCUT2D eigenvalue weighted by Gasteiger charge is 2.08. The van der Waals surface area contributed by atoms with Crippen LogP contribution in [0.4, 0.5) is 5.13 Å². The van der Waals surface area contributed by atoms with Crippen molar-refractivity contribution in [2.45, 2.75) is 13.3 Å². The topological polar surface area (TPSA) is 62.2 Å². The fourth-order valence-electron chi connectivity index (χ4n) is 1.41. The van der Waals surface area contributed by atoms with Crippen LogP contribution in [0.15, 0.2) is 30.5 Å². The molecule has 0 spiro atoms. The molecule has 5 heteroatoms. The van der Waals surface area contributed by atoms with E-state index in [1.807, 2.05) is 6.92 Å². The number of anilines is 1. The summed E-state index contributed by atoms with van der Waals surface area (Å²) in [6, 6.07) is 6.80. The second-order valence-electron chi connectivity index (χ2n) is 3.63. The summed E-state index contributed by atoms with van der Waals surface area (Å²) in [4.78, 5) is 16.8. The number of carbonyl (C=O) groups is 1. The zero-order chi connectivity index (χ0) is 12.3. The number of aryl methyl sites for hydroxylation is 1. The zero-order valence-electron chi connectivity index (χ0n) is 9.30. The van der Waals surface area contributed by atoms with Crippen LogP contribution in [0.2, 0.25) is 0 Å². The first-order valence-electron chi connectivity index (χ1n) is 5.14. The highest BCUT2D eigenvalue weighted by molar-refractivity contribution is 7.15. The third-order valence-corrected chi connectivity index (χ3v) is 3.04. The van der Waals surface area contributed by atoms with E-state index in [0.717, 1.165) is 4.88 Å². The summed E-state index contributed by atoms with van der Waals surface area (Å²) in [5.41, 5.74) is 0.610. The van der Waals surface area contributed by atoms with E-state index in [0.29, 0.717) is 10.7 Å². The number of aromatic hydroxyl groups is 1. The maximum absolute atomic E-state index is 11.7. The van der Waals surface area contributed by atoms with E-state index in [4.69, 9.17) is 0 Å². The maximum Gasteiger partial charge on any atom is 0.230 e. The standard InChI is InChI=1S/C12H12N2O2S/c1-8-7-13-12(17-8)14-11(16)6-9-4-2-3-5-10(9)15/h2-5,7,15H,6H2,1H3,(H,13,14,16). The van der Waals surface area contributed by atoms with Crippen molar-refractivity contribution < 1.29 is 9.90 Å². The van der Waals surface area contributed by atoms with Gasteiger partial charge in [0.1, 0.15) is 5.75 Å². The molecule has 0 saturated heterocycles. The average Bonchev–Trinajstić information content (AvgIpc) is 2.67. The largest absolute Gasteiger partial charge is 0.508 e. The van der Waals surface area contributed by atoms with E-state index in [2.05, 4.69) is 10.3 Å². The van der Waals surface area contributed by atoms with Crippen LogP contribution in [-0.4, -0.2) is 16.0 Å². The van der Waals surface area contributed by atoms with Crippen LogP contribution in [0.25, 0.3) is 0 Å². The lowest BCUT2D eigenvalue weighted by Gasteiger charge is -2.03. The molecular weight excluding hydrogens is 236 g/mol. The second-order valence-corrected chi connectivity index (χ2v) is 4.86. The minimum atomic E-state index is -0.180. The van der Waals surface area contributed by atoms with Gasteiger partial charge in [0.25, 0.3) is 0 Å². The van der Waals surface area contributed by atoms with Crippen molar-refractivity contribution in [1.29, 1.82) is 0 Å². The fourth-order valence-corrected chi connectivity index (χ4v) is 2.09. The Morgan fingerprint density at radius 1 is 1.47 bits per heavy atom. The molecule has 2 N–H and O–H groups in total. The van der Waals surface area contributed by atoms with Crippen LogP contribution in [0.3, 0.4) is 0 Å². The Labute approximate surface area is 103 Å². The molecule has 4 nitrogen and oxygen atoms in total. The second kappa shape index (κ2) is 4.97. The molecule has 0 aliphatic rings. The first-order chi connectivity index (χ1) is 8.15. The molecular formula is C12H12N2O2S. The summed E-state index contributed by atoms with van der Waals surface area (Å²) in [5.74, 6) is -0.0428. The minimum absolute atomic E-state index is 0.137. The molecule has 0 atom stereocenters. The van der Waals surface area contributed by atoms with Crippen LogP contribution in [0.5, 0.6) is 5.75 Å². The molecule has 2 rings (SSSR count). The maximum atomic E-state index is 11.7. The molecule has 17 heavy (non-hydrogen) atoms.